The van der Waals surface area contributed by atoms with E-state index in [0.717, 1.165) is 27.9 Å². The van der Waals surface area contributed by atoms with Crippen LogP contribution in [0.4, 0.5) is 5.69 Å². The Bertz CT molecular complexity index is 914. The van der Waals surface area contributed by atoms with Gasteiger partial charge in [-0.25, -0.2) is 0 Å². The Balaban J connectivity index is 1.42. The van der Waals surface area contributed by atoms with Gasteiger partial charge < -0.3 is 15.4 Å². The maximum Gasteiger partial charge on any atom is 0.238 e. The lowest BCUT2D eigenvalue weighted by molar-refractivity contribution is -0.124. The van der Waals surface area contributed by atoms with Gasteiger partial charge in [-0.05, 0) is 42.7 Å². The lowest BCUT2D eigenvalue weighted by atomic mass is 9.74. The number of halogens is 1. The molecular formula is C22H23BrN2O3S. The number of carbonyl (C=O) groups is 2. The smallest absolute Gasteiger partial charge is 0.238 e. The highest BCUT2D eigenvalue weighted by Crippen LogP contribution is 2.37. The zero-order valence-electron chi connectivity index (χ0n) is 15.9. The molecular weight excluding hydrogens is 452 g/mol. The van der Waals surface area contributed by atoms with E-state index in [-0.39, 0.29) is 23.7 Å². The number of benzene rings is 2. The van der Waals surface area contributed by atoms with Gasteiger partial charge in [-0.3, -0.25) is 9.59 Å². The predicted octanol–water partition coefficient (Wildman–Crippen LogP) is 4.12. The highest BCUT2D eigenvalue weighted by atomic mass is 79.9. The van der Waals surface area contributed by atoms with Crippen LogP contribution in [0.3, 0.4) is 0 Å². The summed E-state index contributed by atoms with van der Waals surface area (Å²) in [5.74, 6) is -0.213. The minimum atomic E-state index is -0.415. The molecule has 1 atom stereocenters. The van der Waals surface area contributed by atoms with Crippen LogP contribution in [0.2, 0.25) is 0 Å². The van der Waals surface area contributed by atoms with Gasteiger partial charge in [0, 0.05) is 41.0 Å². The van der Waals surface area contributed by atoms with E-state index in [4.69, 9.17) is 4.74 Å². The van der Waals surface area contributed by atoms with Crippen molar-refractivity contribution in [2.24, 2.45) is 0 Å². The van der Waals surface area contributed by atoms with Crippen LogP contribution >= 0.6 is 27.7 Å². The van der Waals surface area contributed by atoms with Crippen molar-refractivity contribution in [1.29, 1.82) is 0 Å². The molecule has 29 heavy (non-hydrogen) atoms. The van der Waals surface area contributed by atoms with E-state index < -0.39 is 5.25 Å². The summed E-state index contributed by atoms with van der Waals surface area (Å²) in [5, 5.41) is 5.58. The van der Waals surface area contributed by atoms with Crippen molar-refractivity contribution in [3.05, 3.63) is 58.6 Å². The van der Waals surface area contributed by atoms with E-state index in [1.54, 1.807) is 0 Å². The van der Waals surface area contributed by atoms with Crippen LogP contribution in [-0.4, -0.2) is 36.8 Å². The number of carbonyl (C=O) groups excluding carboxylic acids is 2. The summed E-state index contributed by atoms with van der Waals surface area (Å²) in [6.45, 7) is 1.90. The molecule has 5 nitrogen and oxygen atoms in total. The van der Waals surface area contributed by atoms with Gasteiger partial charge in [0.2, 0.25) is 11.8 Å². The first-order valence-corrected chi connectivity index (χ1v) is 11.4. The van der Waals surface area contributed by atoms with Gasteiger partial charge in [0.25, 0.3) is 0 Å². The summed E-state index contributed by atoms with van der Waals surface area (Å²) in [7, 11) is 0. The van der Waals surface area contributed by atoms with E-state index >= 15 is 0 Å². The third kappa shape index (κ3) is 4.68. The first-order chi connectivity index (χ1) is 14.1. The van der Waals surface area contributed by atoms with Crippen molar-refractivity contribution in [2.75, 3.05) is 25.1 Å². The number of nitrogens with one attached hydrogen (secondary N) is 2. The quantitative estimate of drug-likeness (QED) is 0.683. The number of thioether (sulfide) groups is 1. The topological polar surface area (TPSA) is 67.4 Å². The summed E-state index contributed by atoms with van der Waals surface area (Å²) < 4.78 is 6.60. The molecule has 2 N–H and O–H groups in total. The number of hydrogen-bond donors (Lipinski definition) is 2. The molecule has 0 bridgehead atoms. The molecule has 2 aliphatic heterocycles. The average molecular weight is 475 g/mol. The summed E-state index contributed by atoms with van der Waals surface area (Å²) >= 11 is 5.01. The average Bonchev–Trinajstić information content (AvgIpc) is 2.73. The molecule has 0 saturated carbocycles. The van der Waals surface area contributed by atoms with Gasteiger partial charge in [0.15, 0.2) is 0 Å². The first-order valence-electron chi connectivity index (χ1n) is 9.73. The van der Waals surface area contributed by atoms with Gasteiger partial charge in [-0.15, -0.1) is 11.8 Å². The van der Waals surface area contributed by atoms with E-state index in [0.29, 0.717) is 19.8 Å². The first kappa shape index (κ1) is 20.4. The number of fused-ring (bicyclic) bond motifs is 1. The normalized spacial score (nSPS) is 20.4. The molecule has 2 aliphatic rings. The van der Waals surface area contributed by atoms with E-state index in [1.165, 1.54) is 17.3 Å². The van der Waals surface area contributed by atoms with Gasteiger partial charge in [-0.2, -0.15) is 0 Å². The second kappa shape index (κ2) is 8.90. The minimum Gasteiger partial charge on any atom is -0.381 e. The highest BCUT2D eigenvalue weighted by molar-refractivity contribution is 9.10. The molecule has 1 fully saturated rings. The van der Waals surface area contributed by atoms with Crippen molar-refractivity contribution >= 4 is 45.2 Å². The molecule has 1 saturated heterocycles. The fourth-order valence-electron chi connectivity index (χ4n) is 3.88. The summed E-state index contributed by atoms with van der Waals surface area (Å²) in [6, 6.07) is 15.9. The lowest BCUT2D eigenvalue weighted by Crippen LogP contribution is -2.45. The number of para-hydroxylation sites is 1. The van der Waals surface area contributed by atoms with Crippen LogP contribution in [-0.2, 0) is 19.7 Å². The van der Waals surface area contributed by atoms with Crippen LogP contribution in [0.1, 0.15) is 24.8 Å². The van der Waals surface area contributed by atoms with Crippen molar-refractivity contribution in [2.45, 2.75) is 34.8 Å². The number of amides is 2. The molecule has 2 heterocycles. The summed E-state index contributed by atoms with van der Waals surface area (Å²) in [6.07, 6.45) is 1.88. The fraction of sp³-hybridized carbons (Fsp3) is 0.364. The van der Waals surface area contributed by atoms with Gasteiger partial charge in [0.05, 0.1) is 10.9 Å². The second-order valence-corrected chi connectivity index (χ2v) is 9.64. The van der Waals surface area contributed by atoms with Crippen molar-refractivity contribution in [3.8, 4) is 0 Å². The molecule has 0 aliphatic carbocycles. The number of anilines is 1. The number of hydrogen-bond acceptors (Lipinski definition) is 4. The fourth-order valence-corrected chi connectivity index (χ4v) is 5.39. The molecule has 2 aromatic rings. The third-order valence-corrected chi connectivity index (χ3v) is 7.36. The Morgan fingerprint density at radius 3 is 2.79 bits per heavy atom. The van der Waals surface area contributed by atoms with Crippen LogP contribution in [0.25, 0.3) is 0 Å². The third-order valence-electron chi connectivity index (χ3n) is 5.59. The molecule has 2 amide bonds. The van der Waals surface area contributed by atoms with Gasteiger partial charge in [0.1, 0.15) is 0 Å². The minimum absolute atomic E-state index is 0.0992. The second-order valence-electron chi connectivity index (χ2n) is 7.48. The Hall–Kier alpha value is -1.83. The Kier molecular flexibility index (Phi) is 6.27. The molecule has 2 aromatic carbocycles. The van der Waals surface area contributed by atoms with Crippen molar-refractivity contribution < 1.29 is 14.3 Å². The van der Waals surface area contributed by atoms with Gasteiger partial charge >= 0.3 is 0 Å². The van der Waals surface area contributed by atoms with Crippen LogP contribution in [0, 0.1) is 0 Å². The number of rotatable bonds is 5. The van der Waals surface area contributed by atoms with E-state index in [2.05, 4.69) is 38.7 Å². The summed E-state index contributed by atoms with van der Waals surface area (Å²) in [5.41, 5.74) is 1.87. The van der Waals surface area contributed by atoms with Crippen LogP contribution < -0.4 is 10.6 Å². The molecule has 1 unspecified atom stereocenters. The molecule has 0 spiro atoms. The Morgan fingerprint density at radius 2 is 2.00 bits per heavy atom. The van der Waals surface area contributed by atoms with E-state index in [1.807, 2.05) is 36.4 Å². The predicted molar refractivity (Wildman–Crippen MR) is 118 cm³/mol. The Morgan fingerprint density at radius 1 is 1.21 bits per heavy atom. The standard InChI is InChI=1S/C22H23BrN2O3S/c23-16-5-3-4-15(12-16)22(8-10-28-11-9-22)14-24-20(26)13-19-21(27)25-17-6-1-2-7-18(17)29-19/h1-7,12,19H,8-11,13-14H2,(H,24,26)(H,25,27). The zero-order chi connectivity index (χ0) is 20.3. The molecule has 0 aromatic heterocycles. The summed E-state index contributed by atoms with van der Waals surface area (Å²) in [4.78, 5) is 26.1. The largest absolute Gasteiger partial charge is 0.381 e. The molecule has 152 valence electrons. The van der Waals surface area contributed by atoms with Gasteiger partial charge in [-0.1, -0.05) is 40.2 Å². The van der Waals surface area contributed by atoms with Crippen molar-refractivity contribution in [1.82, 2.24) is 5.32 Å². The maximum absolute atomic E-state index is 12.7. The number of ether oxygens (including phenoxy) is 1. The molecule has 0 radical (unpaired) electrons. The Labute approximate surface area is 183 Å². The monoisotopic (exact) mass is 474 g/mol. The molecule has 4 rings (SSSR count). The zero-order valence-corrected chi connectivity index (χ0v) is 18.4. The lowest BCUT2D eigenvalue weighted by Gasteiger charge is -2.38. The SMILES string of the molecule is O=C(CC1Sc2ccccc2NC1=O)NCC1(c2cccc(Br)c2)CCOCC1. The van der Waals surface area contributed by atoms with Crippen molar-refractivity contribution in [3.63, 3.8) is 0 Å². The van der Waals surface area contributed by atoms with Crippen LogP contribution in [0.15, 0.2) is 57.9 Å². The molecule has 7 heteroatoms. The maximum atomic E-state index is 12.7. The highest BCUT2D eigenvalue weighted by Gasteiger charge is 2.36. The van der Waals surface area contributed by atoms with Crippen LogP contribution in [0.5, 0.6) is 0 Å². The van der Waals surface area contributed by atoms with E-state index in [9.17, 15) is 9.59 Å².